The molecule has 2 aliphatic rings. The van der Waals surface area contributed by atoms with Gasteiger partial charge in [0.15, 0.2) is 0 Å². The minimum absolute atomic E-state index is 0.202. The zero-order valence-electron chi connectivity index (χ0n) is 17.2. The number of hydrogen-bond acceptors (Lipinski definition) is 4. The Labute approximate surface area is 176 Å². The molecule has 5 nitrogen and oxygen atoms in total. The molecule has 1 aliphatic carbocycles. The van der Waals surface area contributed by atoms with Gasteiger partial charge < -0.3 is 9.47 Å². The third-order valence-corrected chi connectivity index (χ3v) is 5.88. The maximum absolute atomic E-state index is 12.4. The fourth-order valence-electron chi connectivity index (χ4n) is 4.26. The van der Waals surface area contributed by atoms with Crippen molar-refractivity contribution >= 4 is 5.97 Å². The van der Waals surface area contributed by atoms with Crippen molar-refractivity contribution in [3.8, 4) is 16.8 Å². The Morgan fingerprint density at radius 2 is 1.93 bits per heavy atom. The summed E-state index contributed by atoms with van der Waals surface area (Å²) in [5.74, 6) is 0.0875. The molecule has 2 aromatic carbocycles. The van der Waals surface area contributed by atoms with Crippen molar-refractivity contribution in [1.82, 2.24) is 9.78 Å². The van der Waals surface area contributed by atoms with Crippen LogP contribution in [-0.4, -0.2) is 29.0 Å². The van der Waals surface area contributed by atoms with Crippen molar-refractivity contribution < 1.29 is 14.3 Å². The maximum atomic E-state index is 12.4. The minimum Gasteiger partial charge on any atom is -0.462 e. The van der Waals surface area contributed by atoms with Gasteiger partial charge >= 0.3 is 5.97 Å². The van der Waals surface area contributed by atoms with E-state index in [0.29, 0.717) is 18.1 Å². The molecule has 1 saturated carbocycles. The average Bonchev–Trinajstić information content (AvgIpc) is 3.28. The van der Waals surface area contributed by atoms with Crippen LogP contribution in [0.1, 0.15) is 66.2 Å². The summed E-state index contributed by atoms with van der Waals surface area (Å²) in [7, 11) is 0. The Kier molecular flexibility index (Phi) is 5.13. The Balaban J connectivity index is 1.50. The Bertz CT molecular complexity index is 1060. The summed E-state index contributed by atoms with van der Waals surface area (Å²) in [6.45, 7) is 3.04. The molecular weight excluding hydrogens is 376 g/mol. The third kappa shape index (κ3) is 3.65. The zero-order valence-corrected chi connectivity index (χ0v) is 17.2. The van der Waals surface area contributed by atoms with E-state index in [2.05, 4.69) is 41.5 Å². The molecule has 5 rings (SSSR count). The van der Waals surface area contributed by atoms with Crippen molar-refractivity contribution in [1.29, 1.82) is 0 Å². The molecule has 0 bridgehead atoms. The van der Waals surface area contributed by atoms with Gasteiger partial charge in [-0.15, -0.1) is 0 Å². The lowest BCUT2D eigenvalue weighted by atomic mass is 9.99. The summed E-state index contributed by atoms with van der Waals surface area (Å²) in [5, 5.41) is 4.56. The lowest BCUT2D eigenvalue weighted by Crippen LogP contribution is -2.09. The molecule has 2 heterocycles. The summed E-state index contributed by atoms with van der Waals surface area (Å²) < 4.78 is 13.0. The SMILES string of the molecule is CCOC(=O)c1cnn(-c2cccc(-c3cccc(C4CCCO4)c3)c2)c1C1CC1. The molecule has 3 aromatic rings. The molecule has 5 heteroatoms. The molecule has 0 N–H and O–H groups in total. The highest BCUT2D eigenvalue weighted by Crippen LogP contribution is 2.43. The smallest absolute Gasteiger partial charge is 0.341 e. The van der Waals surface area contributed by atoms with Crippen molar-refractivity contribution in [2.75, 3.05) is 13.2 Å². The second-order valence-electron chi connectivity index (χ2n) is 8.03. The largest absolute Gasteiger partial charge is 0.462 e. The van der Waals surface area contributed by atoms with Crippen LogP contribution in [-0.2, 0) is 9.47 Å². The fraction of sp³-hybridized carbons (Fsp3) is 0.360. The average molecular weight is 402 g/mol. The minimum atomic E-state index is -0.286. The number of carbonyl (C=O) groups is 1. The van der Waals surface area contributed by atoms with E-state index in [9.17, 15) is 4.79 Å². The fourth-order valence-corrected chi connectivity index (χ4v) is 4.26. The van der Waals surface area contributed by atoms with Crippen LogP contribution in [0.3, 0.4) is 0 Å². The van der Waals surface area contributed by atoms with E-state index >= 15 is 0 Å². The van der Waals surface area contributed by atoms with E-state index in [0.717, 1.165) is 54.8 Å². The first kappa shape index (κ1) is 19.1. The molecule has 0 amide bonds. The molecule has 0 radical (unpaired) electrons. The normalized spacial score (nSPS) is 18.5. The van der Waals surface area contributed by atoms with Crippen molar-refractivity contribution in [3.63, 3.8) is 0 Å². The maximum Gasteiger partial charge on any atom is 0.341 e. The van der Waals surface area contributed by atoms with Gasteiger partial charge in [-0.05, 0) is 67.5 Å². The molecule has 1 saturated heterocycles. The van der Waals surface area contributed by atoms with E-state index in [4.69, 9.17) is 9.47 Å². The number of rotatable bonds is 6. The summed E-state index contributed by atoms with van der Waals surface area (Å²) in [5.41, 5.74) is 6.05. The van der Waals surface area contributed by atoms with E-state index in [1.807, 2.05) is 23.7 Å². The Hall–Kier alpha value is -2.92. The van der Waals surface area contributed by atoms with Crippen LogP contribution in [0.4, 0.5) is 0 Å². The van der Waals surface area contributed by atoms with Crippen molar-refractivity contribution in [2.24, 2.45) is 0 Å². The van der Waals surface area contributed by atoms with Crippen LogP contribution in [0, 0.1) is 0 Å². The highest BCUT2D eigenvalue weighted by Gasteiger charge is 2.33. The van der Waals surface area contributed by atoms with Gasteiger partial charge in [0.2, 0.25) is 0 Å². The van der Waals surface area contributed by atoms with Gasteiger partial charge in [0, 0.05) is 12.5 Å². The van der Waals surface area contributed by atoms with Crippen molar-refractivity contribution in [2.45, 2.75) is 44.6 Å². The predicted molar refractivity (Wildman–Crippen MR) is 115 cm³/mol. The highest BCUT2D eigenvalue weighted by molar-refractivity contribution is 5.91. The molecule has 2 fully saturated rings. The predicted octanol–water partition coefficient (Wildman–Crippen LogP) is 5.44. The van der Waals surface area contributed by atoms with Gasteiger partial charge in [0.1, 0.15) is 5.56 Å². The van der Waals surface area contributed by atoms with Gasteiger partial charge in [-0.1, -0.05) is 30.3 Å². The summed E-state index contributed by atoms with van der Waals surface area (Å²) in [6.07, 6.45) is 6.22. The van der Waals surface area contributed by atoms with Gasteiger partial charge in [0.25, 0.3) is 0 Å². The molecule has 0 spiro atoms. The number of esters is 1. The summed E-state index contributed by atoms with van der Waals surface area (Å²) in [6, 6.07) is 17.0. The number of nitrogens with zero attached hydrogens (tertiary/aromatic N) is 2. The van der Waals surface area contributed by atoms with E-state index in [1.54, 1.807) is 6.20 Å². The third-order valence-electron chi connectivity index (χ3n) is 5.88. The zero-order chi connectivity index (χ0) is 20.5. The lowest BCUT2D eigenvalue weighted by molar-refractivity contribution is 0.0525. The Morgan fingerprint density at radius 1 is 1.13 bits per heavy atom. The van der Waals surface area contributed by atoms with E-state index in [1.165, 1.54) is 5.56 Å². The second-order valence-corrected chi connectivity index (χ2v) is 8.03. The quantitative estimate of drug-likeness (QED) is 0.515. The van der Waals surface area contributed by atoms with Crippen LogP contribution in [0.5, 0.6) is 0 Å². The van der Waals surface area contributed by atoms with Crippen LogP contribution >= 0.6 is 0 Å². The standard InChI is InChI=1S/C25H26N2O3/c1-2-29-25(28)22-16-26-27(24(22)17-11-12-17)21-9-4-7-19(15-21)18-6-3-8-20(14-18)23-10-5-13-30-23/h3-4,6-9,14-17,23H,2,5,10-13H2,1H3. The molecule has 1 unspecified atom stereocenters. The first-order valence-electron chi connectivity index (χ1n) is 10.8. The topological polar surface area (TPSA) is 53.3 Å². The Morgan fingerprint density at radius 3 is 2.67 bits per heavy atom. The highest BCUT2D eigenvalue weighted by atomic mass is 16.5. The molecule has 1 aromatic heterocycles. The van der Waals surface area contributed by atoms with Crippen LogP contribution < -0.4 is 0 Å². The summed E-state index contributed by atoms with van der Waals surface area (Å²) in [4.78, 5) is 12.4. The van der Waals surface area contributed by atoms with Gasteiger partial charge in [-0.3, -0.25) is 0 Å². The number of benzene rings is 2. The first-order chi connectivity index (χ1) is 14.7. The molecule has 1 aliphatic heterocycles. The monoisotopic (exact) mass is 402 g/mol. The number of carbonyl (C=O) groups excluding carboxylic acids is 1. The van der Waals surface area contributed by atoms with Crippen LogP contribution in [0.15, 0.2) is 54.7 Å². The molecule has 1 atom stereocenters. The van der Waals surface area contributed by atoms with Gasteiger partial charge in [-0.25, -0.2) is 9.48 Å². The van der Waals surface area contributed by atoms with Gasteiger partial charge in [0.05, 0.1) is 30.3 Å². The van der Waals surface area contributed by atoms with E-state index < -0.39 is 0 Å². The number of hydrogen-bond donors (Lipinski definition) is 0. The van der Waals surface area contributed by atoms with E-state index in [-0.39, 0.29) is 12.1 Å². The molecule has 154 valence electrons. The number of aromatic nitrogens is 2. The van der Waals surface area contributed by atoms with Crippen LogP contribution in [0.25, 0.3) is 16.8 Å². The first-order valence-corrected chi connectivity index (χ1v) is 10.8. The second kappa shape index (κ2) is 8.07. The number of ether oxygens (including phenoxy) is 2. The lowest BCUT2D eigenvalue weighted by Gasteiger charge is -2.13. The van der Waals surface area contributed by atoms with Crippen molar-refractivity contribution in [3.05, 3.63) is 71.5 Å². The van der Waals surface area contributed by atoms with Gasteiger partial charge in [-0.2, -0.15) is 5.10 Å². The molecule has 30 heavy (non-hydrogen) atoms. The van der Waals surface area contributed by atoms with Crippen LogP contribution in [0.2, 0.25) is 0 Å². The molecular formula is C25H26N2O3. The summed E-state index contributed by atoms with van der Waals surface area (Å²) >= 11 is 0.